The van der Waals surface area contributed by atoms with Crippen LogP contribution in [0.3, 0.4) is 0 Å². The van der Waals surface area contributed by atoms with Gasteiger partial charge in [0.1, 0.15) is 17.5 Å². The highest BCUT2D eigenvalue weighted by molar-refractivity contribution is 5.95. The molecule has 0 radical (unpaired) electrons. The smallest absolute Gasteiger partial charge is 0.252 e. The Morgan fingerprint density at radius 1 is 1.16 bits per heavy atom. The molecule has 1 aliphatic carbocycles. The lowest BCUT2D eigenvalue weighted by Gasteiger charge is -2.33. The van der Waals surface area contributed by atoms with Crippen molar-refractivity contribution in [2.75, 3.05) is 11.4 Å². The van der Waals surface area contributed by atoms with Crippen molar-refractivity contribution in [2.45, 2.75) is 37.8 Å². The lowest BCUT2D eigenvalue weighted by atomic mass is 10.0. The van der Waals surface area contributed by atoms with Gasteiger partial charge in [-0.1, -0.05) is 0 Å². The van der Waals surface area contributed by atoms with Crippen molar-refractivity contribution in [3.05, 3.63) is 77.3 Å². The highest BCUT2D eigenvalue weighted by Crippen LogP contribution is 2.46. The van der Waals surface area contributed by atoms with E-state index in [9.17, 15) is 14.3 Å². The van der Waals surface area contributed by atoms with Crippen LogP contribution in [-0.2, 0) is 12.0 Å². The topological polar surface area (TPSA) is 91.2 Å². The third-order valence-corrected chi connectivity index (χ3v) is 5.80. The number of rotatable bonds is 4. The molecule has 3 heterocycles. The molecule has 2 aromatic heterocycles. The number of aryl methyl sites for hydroxylation is 1. The van der Waals surface area contributed by atoms with Crippen molar-refractivity contribution in [1.82, 2.24) is 20.3 Å². The number of amides is 1. The molecule has 3 aromatic rings. The number of aliphatic hydroxyl groups excluding tert-OH is 1. The maximum Gasteiger partial charge on any atom is 0.252 e. The molecule has 2 aliphatic rings. The van der Waals surface area contributed by atoms with E-state index in [1.54, 1.807) is 6.20 Å². The van der Waals surface area contributed by atoms with Crippen LogP contribution in [0, 0.1) is 12.7 Å². The zero-order valence-corrected chi connectivity index (χ0v) is 17.0. The number of benzene rings is 1. The quantitative estimate of drug-likeness (QED) is 0.676. The van der Waals surface area contributed by atoms with Crippen LogP contribution in [0.1, 0.15) is 40.4 Å². The normalized spacial score (nSPS) is 18.9. The van der Waals surface area contributed by atoms with Gasteiger partial charge in [-0.2, -0.15) is 0 Å². The standard InChI is InChI=1S/C23H22FN5O2/c1-14-25-11-8-21(26-14)29-13-17(30)12-18-19(29)6-7-20(27-18)23(9-10-23)28-22(31)15-2-4-16(24)5-3-15/h2-8,11,17,30H,9-10,12-13H2,1H3,(H,28,31)/t17-/m0/s1. The summed E-state index contributed by atoms with van der Waals surface area (Å²) in [5.41, 5.74) is 2.32. The Morgan fingerprint density at radius 2 is 1.94 bits per heavy atom. The number of carbonyl (C=O) groups is 1. The second-order valence-corrected chi connectivity index (χ2v) is 8.14. The molecule has 0 saturated heterocycles. The van der Waals surface area contributed by atoms with Crippen LogP contribution >= 0.6 is 0 Å². The number of pyridine rings is 1. The van der Waals surface area contributed by atoms with E-state index >= 15 is 0 Å². The number of aliphatic hydroxyl groups is 1. The Kier molecular flexibility index (Phi) is 4.66. The summed E-state index contributed by atoms with van der Waals surface area (Å²) in [6, 6.07) is 11.2. The maximum absolute atomic E-state index is 13.2. The summed E-state index contributed by atoms with van der Waals surface area (Å²) in [5.74, 6) is 0.739. The van der Waals surface area contributed by atoms with E-state index in [4.69, 9.17) is 4.98 Å². The fraction of sp³-hybridized carbons (Fsp3) is 0.304. The Morgan fingerprint density at radius 3 is 2.65 bits per heavy atom. The van der Waals surface area contributed by atoms with Crippen molar-refractivity contribution in [3.63, 3.8) is 0 Å². The van der Waals surface area contributed by atoms with Crippen molar-refractivity contribution in [1.29, 1.82) is 0 Å². The largest absolute Gasteiger partial charge is 0.391 e. The van der Waals surface area contributed by atoms with E-state index in [1.165, 1.54) is 24.3 Å². The van der Waals surface area contributed by atoms with Gasteiger partial charge in [0.25, 0.3) is 5.91 Å². The highest BCUT2D eigenvalue weighted by atomic mass is 19.1. The number of anilines is 2. The van der Waals surface area contributed by atoms with Crippen molar-refractivity contribution >= 4 is 17.4 Å². The molecule has 158 valence electrons. The average molecular weight is 419 g/mol. The van der Waals surface area contributed by atoms with Crippen LogP contribution in [0.15, 0.2) is 48.7 Å². The molecule has 1 aliphatic heterocycles. The van der Waals surface area contributed by atoms with E-state index in [0.717, 1.165) is 29.9 Å². The van der Waals surface area contributed by atoms with Gasteiger partial charge in [-0.3, -0.25) is 9.78 Å². The molecular formula is C23H22FN5O2. The molecule has 5 rings (SSSR count). The lowest BCUT2D eigenvalue weighted by molar-refractivity contribution is 0.0929. The lowest BCUT2D eigenvalue weighted by Crippen LogP contribution is -2.38. The van der Waals surface area contributed by atoms with Crippen LogP contribution in [-0.4, -0.2) is 38.6 Å². The van der Waals surface area contributed by atoms with Gasteiger partial charge in [-0.15, -0.1) is 0 Å². The molecule has 0 bridgehead atoms. The number of nitrogens with zero attached hydrogens (tertiary/aromatic N) is 4. The Bertz CT molecular complexity index is 1150. The average Bonchev–Trinajstić information content (AvgIpc) is 3.53. The number of fused-ring (bicyclic) bond motifs is 1. The van der Waals surface area contributed by atoms with Crippen LogP contribution in [0.4, 0.5) is 15.9 Å². The molecule has 2 N–H and O–H groups in total. The molecule has 0 unspecified atom stereocenters. The zero-order valence-electron chi connectivity index (χ0n) is 17.0. The first-order valence-electron chi connectivity index (χ1n) is 10.3. The van der Waals surface area contributed by atoms with Gasteiger partial charge in [-0.25, -0.2) is 14.4 Å². The van der Waals surface area contributed by atoms with Gasteiger partial charge in [0.2, 0.25) is 0 Å². The number of nitrogens with one attached hydrogen (secondary N) is 1. The molecule has 7 nitrogen and oxygen atoms in total. The van der Waals surface area contributed by atoms with Gasteiger partial charge in [0, 0.05) is 18.2 Å². The van der Waals surface area contributed by atoms with Gasteiger partial charge in [0.05, 0.1) is 35.3 Å². The number of hydrogen-bond donors (Lipinski definition) is 2. The summed E-state index contributed by atoms with van der Waals surface area (Å²) < 4.78 is 13.2. The predicted molar refractivity (Wildman–Crippen MR) is 113 cm³/mol. The summed E-state index contributed by atoms with van der Waals surface area (Å²) in [6.45, 7) is 2.25. The molecule has 1 saturated carbocycles. The zero-order chi connectivity index (χ0) is 21.6. The summed E-state index contributed by atoms with van der Waals surface area (Å²) in [5, 5.41) is 13.5. The minimum atomic E-state index is -0.575. The SMILES string of the molecule is Cc1nccc(N2C[C@@H](O)Cc3nc(C4(NC(=O)c5ccc(F)cc5)CC4)ccc32)n1. The number of β-amino-alcohol motifs (C(OH)–C–C–N with tert-alkyl or cyclic N) is 1. The molecule has 0 spiro atoms. The van der Waals surface area contributed by atoms with Crippen molar-refractivity contribution < 1.29 is 14.3 Å². The van der Waals surface area contributed by atoms with Crippen LogP contribution < -0.4 is 10.2 Å². The monoisotopic (exact) mass is 419 g/mol. The molecule has 31 heavy (non-hydrogen) atoms. The molecule has 8 heteroatoms. The van der Waals surface area contributed by atoms with Gasteiger partial charge in [-0.05, 0) is 62.2 Å². The number of halogens is 1. The van der Waals surface area contributed by atoms with E-state index < -0.39 is 11.6 Å². The second-order valence-electron chi connectivity index (χ2n) is 8.14. The maximum atomic E-state index is 13.2. The first-order chi connectivity index (χ1) is 14.9. The fourth-order valence-corrected chi connectivity index (χ4v) is 4.03. The van der Waals surface area contributed by atoms with E-state index in [1.807, 2.05) is 30.0 Å². The Labute approximate surface area is 179 Å². The van der Waals surface area contributed by atoms with Crippen LogP contribution in [0.5, 0.6) is 0 Å². The first kappa shape index (κ1) is 19.6. The van der Waals surface area contributed by atoms with E-state index in [0.29, 0.717) is 30.2 Å². The summed E-state index contributed by atoms with van der Waals surface area (Å²) in [7, 11) is 0. The van der Waals surface area contributed by atoms with Crippen LogP contribution in [0.25, 0.3) is 0 Å². The third kappa shape index (κ3) is 3.74. The summed E-state index contributed by atoms with van der Waals surface area (Å²) in [6.07, 6.45) is 3.12. The van der Waals surface area contributed by atoms with Crippen molar-refractivity contribution in [3.8, 4) is 0 Å². The molecule has 1 amide bonds. The van der Waals surface area contributed by atoms with Gasteiger partial charge in [0.15, 0.2) is 0 Å². The van der Waals surface area contributed by atoms with E-state index in [2.05, 4.69) is 15.3 Å². The van der Waals surface area contributed by atoms with Gasteiger partial charge >= 0.3 is 0 Å². The highest BCUT2D eigenvalue weighted by Gasteiger charge is 2.47. The predicted octanol–water partition coefficient (Wildman–Crippen LogP) is 2.79. The number of carbonyl (C=O) groups excluding carboxylic acids is 1. The van der Waals surface area contributed by atoms with Crippen LogP contribution in [0.2, 0.25) is 0 Å². The molecule has 1 aromatic carbocycles. The second kappa shape index (κ2) is 7.39. The first-order valence-corrected chi connectivity index (χ1v) is 10.3. The van der Waals surface area contributed by atoms with Crippen molar-refractivity contribution in [2.24, 2.45) is 0 Å². The number of aromatic nitrogens is 3. The number of hydrogen-bond acceptors (Lipinski definition) is 6. The fourth-order valence-electron chi connectivity index (χ4n) is 4.03. The Balaban J connectivity index is 1.43. The van der Waals surface area contributed by atoms with Gasteiger partial charge < -0.3 is 15.3 Å². The molecule has 1 fully saturated rings. The minimum Gasteiger partial charge on any atom is -0.391 e. The minimum absolute atomic E-state index is 0.254. The molecule has 1 atom stereocenters. The Hall–Kier alpha value is -3.39. The molecular weight excluding hydrogens is 397 g/mol. The third-order valence-electron chi connectivity index (χ3n) is 5.80. The summed E-state index contributed by atoms with van der Waals surface area (Å²) >= 11 is 0. The summed E-state index contributed by atoms with van der Waals surface area (Å²) in [4.78, 5) is 28.1. The van der Waals surface area contributed by atoms with E-state index in [-0.39, 0.29) is 11.7 Å².